The predicted octanol–water partition coefficient (Wildman–Crippen LogP) is 1.95. The molecule has 0 unspecified atom stereocenters. The number of hydrogen-bond donors (Lipinski definition) is 1. The molecule has 0 saturated carbocycles. The standard InChI is InChI=1S/C20H26ClFN6O2/c1-25(2)19(30)17-18(26(3)12-29)24-20(27-8-4-5-15(23)11-27)28(17)10-13-9-14(22)6-7-16(13)21/h6-7,9,12,15H,4-5,8,10-11,23H2,1-3H3/t15-/m1/s1. The van der Waals surface area contributed by atoms with Gasteiger partial charge in [-0.2, -0.15) is 4.98 Å². The van der Waals surface area contributed by atoms with Gasteiger partial charge >= 0.3 is 0 Å². The zero-order chi connectivity index (χ0) is 22.0. The molecule has 2 aromatic rings. The van der Waals surface area contributed by atoms with Crippen LogP contribution in [-0.2, 0) is 11.3 Å². The van der Waals surface area contributed by atoms with Gasteiger partial charge in [-0.1, -0.05) is 11.6 Å². The quantitative estimate of drug-likeness (QED) is 0.699. The molecule has 3 rings (SSSR count). The van der Waals surface area contributed by atoms with E-state index in [0.29, 0.717) is 36.0 Å². The lowest BCUT2D eigenvalue weighted by Crippen LogP contribution is -2.44. The summed E-state index contributed by atoms with van der Waals surface area (Å²) in [5.41, 5.74) is 6.89. The van der Waals surface area contributed by atoms with E-state index in [0.717, 1.165) is 12.8 Å². The maximum absolute atomic E-state index is 13.9. The lowest BCUT2D eigenvalue weighted by molar-refractivity contribution is -0.107. The van der Waals surface area contributed by atoms with E-state index in [1.807, 2.05) is 4.90 Å². The Hall–Kier alpha value is -2.65. The number of nitrogens with zero attached hydrogens (tertiary/aromatic N) is 5. The number of carbonyl (C=O) groups is 2. The van der Waals surface area contributed by atoms with Crippen molar-refractivity contribution in [2.24, 2.45) is 5.73 Å². The van der Waals surface area contributed by atoms with Crippen LogP contribution in [0.2, 0.25) is 5.02 Å². The van der Waals surface area contributed by atoms with Crippen LogP contribution in [-0.4, -0.2) is 67.0 Å². The van der Waals surface area contributed by atoms with Gasteiger partial charge in [-0.3, -0.25) is 14.2 Å². The number of anilines is 2. The Bertz CT molecular complexity index is 948. The number of rotatable bonds is 6. The van der Waals surface area contributed by atoms with Crippen LogP contribution in [0.25, 0.3) is 0 Å². The smallest absolute Gasteiger partial charge is 0.273 e. The van der Waals surface area contributed by atoms with E-state index >= 15 is 0 Å². The summed E-state index contributed by atoms with van der Waals surface area (Å²) in [5, 5.41) is 0.375. The minimum atomic E-state index is -0.429. The predicted molar refractivity (Wildman–Crippen MR) is 115 cm³/mol. The number of nitrogens with two attached hydrogens (primary N) is 1. The molecule has 0 spiro atoms. The molecule has 8 nitrogen and oxygen atoms in total. The van der Waals surface area contributed by atoms with Crippen LogP contribution >= 0.6 is 11.6 Å². The molecule has 2 amide bonds. The summed E-state index contributed by atoms with van der Waals surface area (Å²) < 4.78 is 15.6. The molecule has 0 bridgehead atoms. The van der Waals surface area contributed by atoms with Crippen molar-refractivity contribution in [3.8, 4) is 0 Å². The first-order chi connectivity index (χ1) is 14.2. The molecule has 1 aliphatic rings. The van der Waals surface area contributed by atoms with E-state index in [1.165, 1.54) is 35.0 Å². The molecular weight excluding hydrogens is 411 g/mol. The molecular formula is C20H26ClFN6O2. The number of benzene rings is 1. The van der Waals surface area contributed by atoms with Crippen molar-refractivity contribution in [3.63, 3.8) is 0 Å². The van der Waals surface area contributed by atoms with Gasteiger partial charge in [0.25, 0.3) is 5.91 Å². The SMILES string of the molecule is CN(C)C(=O)c1c(N(C)C=O)nc(N2CCC[C@@H](N)C2)n1Cc1cc(F)ccc1Cl. The molecule has 1 aliphatic heterocycles. The molecule has 1 atom stereocenters. The van der Waals surface area contributed by atoms with Crippen LogP contribution in [0, 0.1) is 5.82 Å². The Kier molecular flexibility index (Phi) is 6.62. The Morgan fingerprint density at radius 1 is 1.40 bits per heavy atom. The van der Waals surface area contributed by atoms with E-state index < -0.39 is 5.82 Å². The first-order valence-corrected chi connectivity index (χ1v) is 10.1. The fourth-order valence-electron chi connectivity index (χ4n) is 3.57. The summed E-state index contributed by atoms with van der Waals surface area (Å²) in [5.74, 6) is -0.0298. The fourth-order valence-corrected chi connectivity index (χ4v) is 3.74. The summed E-state index contributed by atoms with van der Waals surface area (Å²) >= 11 is 6.30. The number of imidazole rings is 1. The van der Waals surface area contributed by atoms with E-state index in [9.17, 15) is 14.0 Å². The van der Waals surface area contributed by atoms with Crippen LogP contribution in [0.5, 0.6) is 0 Å². The Balaban J connectivity index is 2.20. The molecule has 2 heterocycles. The average Bonchev–Trinajstić information content (AvgIpc) is 3.08. The molecule has 162 valence electrons. The zero-order valence-electron chi connectivity index (χ0n) is 17.3. The molecule has 1 aromatic heterocycles. The van der Waals surface area contributed by atoms with Gasteiger partial charge < -0.3 is 20.4 Å². The molecule has 30 heavy (non-hydrogen) atoms. The summed E-state index contributed by atoms with van der Waals surface area (Å²) in [7, 11) is 4.78. The first-order valence-electron chi connectivity index (χ1n) is 9.67. The van der Waals surface area contributed by atoms with Crippen molar-refractivity contribution < 1.29 is 14.0 Å². The van der Waals surface area contributed by atoms with Crippen molar-refractivity contribution in [1.29, 1.82) is 0 Å². The second-order valence-corrected chi connectivity index (χ2v) is 8.08. The molecule has 10 heteroatoms. The Labute approximate surface area is 180 Å². The third-order valence-corrected chi connectivity index (χ3v) is 5.48. The van der Waals surface area contributed by atoms with Crippen LogP contribution in [0.3, 0.4) is 0 Å². The number of piperidine rings is 1. The lowest BCUT2D eigenvalue weighted by Gasteiger charge is -2.32. The normalized spacial score (nSPS) is 16.5. The summed E-state index contributed by atoms with van der Waals surface area (Å²) in [6.07, 6.45) is 2.38. The van der Waals surface area contributed by atoms with E-state index in [4.69, 9.17) is 17.3 Å². The topological polar surface area (TPSA) is 87.7 Å². The number of carbonyl (C=O) groups excluding carboxylic acids is 2. The maximum atomic E-state index is 13.9. The Morgan fingerprint density at radius 2 is 2.13 bits per heavy atom. The van der Waals surface area contributed by atoms with Crippen LogP contribution < -0.4 is 15.5 Å². The highest BCUT2D eigenvalue weighted by molar-refractivity contribution is 6.31. The molecule has 0 aliphatic carbocycles. The van der Waals surface area contributed by atoms with Gasteiger partial charge in [0.05, 0.1) is 6.54 Å². The van der Waals surface area contributed by atoms with Gasteiger partial charge in [0.2, 0.25) is 12.4 Å². The van der Waals surface area contributed by atoms with E-state index in [1.54, 1.807) is 18.7 Å². The highest BCUT2D eigenvalue weighted by Gasteiger charge is 2.31. The molecule has 1 aromatic carbocycles. The Morgan fingerprint density at radius 3 is 2.77 bits per heavy atom. The van der Waals surface area contributed by atoms with Gasteiger partial charge in [0, 0.05) is 45.3 Å². The van der Waals surface area contributed by atoms with Crippen molar-refractivity contribution in [3.05, 3.63) is 40.3 Å². The van der Waals surface area contributed by atoms with E-state index in [2.05, 4.69) is 4.98 Å². The number of amides is 2. The zero-order valence-corrected chi connectivity index (χ0v) is 18.1. The van der Waals surface area contributed by atoms with E-state index in [-0.39, 0.29) is 30.0 Å². The van der Waals surface area contributed by atoms with Crippen molar-refractivity contribution in [2.45, 2.75) is 25.4 Å². The van der Waals surface area contributed by atoms with Gasteiger partial charge in [0.1, 0.15) is 5.82 Å². The van der Waals surface area contributed by atoms with Gasteiger partial charge in [-0.05, 0) is 36.6 Å². The number of hydrogen-bond acceptors (Lipinski definition) is 5. The third-order valence-electron chi connectivity index (χ3n) is 5.11. The highest BCUT2D eigenvalue weighted by atomic mass is 35.5. The summed E-state index contributed by atoms with van der Waals surface area (Å²) in [4.78, 5) is 33.9. The second kappa shape index (κ2) is 9.01. The van der Waals surface area contributed by atoms with Gasteiger partial charge in [-0.25, -0.2) is 4.39 Å². The second-order valence-electron chi connectivity index (χ2n) is 7.67. The summed E-state index contributed by atoms with van der Waals surface area (Å²) in [6, 6.07) is 4.07. The minimum absolute atomic E-state index is 0.0260. The monoisotopic (exact) mass is 436 g/mol. The largest absolute Gasteiger partial charge is 0.343 e. The summed E-state index contributed by atoms with van der Waals surface area (Å²) in [6.45, 7) is 1.39. The maximum Gasteiger partial charge on any atom is 0.273 e. The average molecular weight is 437 g/mol. The van der Waals surface area contributed by atoms with Crippen molar-refractivity contribution in [1.82, 2.24) is 14.5 Å². The highest BCUT2D eigenvalue weighted by Crippen LogP contribution is 2.31. The number of halogens is 2. The number of aromatic nitrogens is 2. The molecule has 1 saturated heterocycles. The van der Waals surface area contributed by atoms with Crippen molar-refractivity contribution >= 4 is 35.7 Å². The molecule has 0 radical (unpaired) electrons. The van der Waals surface area contributed by atoms with Crippen LogP contribution in [0.1, 0.15) is 28.9 Å². The lowest BCUT2D eigenvalue weighted by atomic mass is 10.1. The molecule has 2 N–H and O–H groups in total. The first kappa shape index (κ1) is 22.0. The third kappa shape index (κ3) is 4.41. The van der Waals surface area contributed by atoms with Crippen molar-refractivity contribution in [2.75, 3.05) is 44.0 Å². The minimum Gasteiger partial charge on any atom is -0.343 e. The molecule has 1 fully saturated rings. The van der Waals surface area contributed by atoms with Crippen LogP contribution in [0.15, 0.2) is 18.2 Å². The fraction of sp³-hybridized carbons (Fsp3) is 0.450. The van der Waals surface area contributed by atoms with Gasteiger partial charge in [0.15, 0.2) is 11.5 Å². The van der Waals surface area contributed by atoms with Crippen LogP contribution in [0.4, 0.5) is 16.2 Å². The van der Waals surface area contributed by atoms with Gasteiger partial charge in [-0.15, -0.1) is 0 Å².